The van der Waals surface area contributed by atoms with Crippen LogP contribution in [-0.4, -0.2) is 17.0 Å². The maximum atomic E-state index is 14.8. The summed E-state index contributed by atoms with van der Waals surface area (Å²) in [6, 6.07) is 8.72. The van der Waals surface area contributed by atoms with Crippen LogP contribution in [0.2, 0.25) is 0 Å². The largest absolute Gasteiger partial charge is 0.335 e. The van der Waals surface area contributed by atoms with Gasteiger partial charge < -0.3 is 4.57 Å². The minimum absolute atomic E-state index is 0.0360. The van der Waals surface area contributed by atoms with Crippen molar-refractivity contribution in [3.63, 3.8) is 0 Å². The Bertz CT molecular complexity index is 941. The molecule has 4 nitrogen and oxygen atoms in total. The number of hydrogen-bond donors (Lipinski definition) is 0. The molecular formula is C19H16FN3O. The molecule has 0 N–H and O–H groups in total. The molecule has 0 spiro atoms. The average Bonchev–Trinajstić information content (AvgIpc) is 2.99. The fourth-order valence-electron chi connectivity index (χ4n) is 3.21. The summed E-state index contributed by atoms with van der Waals surface area (Å²) in [5, 5.41) is 9.08. The molecular weight excluding hydrogens is 305 g/mol. The van der Waals surface area contributed by atoms with E-state index >= 15 is 0 Å². The van der Waals surface area contributed by atoms with Crippen LogP contribution in [0.1, 0.15) is 25.1 Å². The number of nitriles is 1. The fourth-order valence-corrected chi connectivity index (χ4v) is 3.21. The van der Waals surface area contributed by atoms with Crippen molar-refractivity contribution in [3.05, 3.63) is 41.3 Å². The predicted molar refractivity (Wildman–Crippen MR) is 89.7 cm³/mol. The average molecular weight is 321 g/mol. The molecule has 3 rings (SSSR count). The number of rotatable bonds is 2. The molecule has 1 aromatic heterocycles. The molecule has 1 aromatic carbocycles. The highest BCUT2D eigenvalue weighted by atomic mass is 19.1. The first-order valence-electron chi connectivity index (χ1n) is 7.48. The lowest BCUT2D eigenvalue weighted by atomic mass is 9.85. The number of terminal acetylenes is 1. The highest BCUT2D eigenvalue weighted by Crippen LogP contribution is 2.45. The van der Waals surface area contributed by atoms with Gasteiger partial charge in [0.25, 0.3) is 0 Å². The zero-order chi connectivity index (χ0) is 17.6. The van der Waals surface area contributed by atoms with Crippen molar-refractivity contribution in [1.82, 2.24) is 4.57 Å². The van der Waals surface area contributed by atoms with Gasteiger partial charge in [-0.3, -0.25) is 9.69 Å². The van der Waals surface area contributed by atoms with Crippen LogP contribution >= 0.6 is 0 Å². The Balaban J connectivity index is 2.23. The van der Waals surface area contributed by atoms with E-state index < -0.39 is 11.2 Å². The summed E-state index contributed by atoms with van der Waals surface area (Å²) < 4.78 is 16.5. The maximum Gasteiger partial charge on any atom is 0.238 e. The SMILES string of the molecule is C#CCN1C(=O)C(C)(C)c2cc(-c3ccc(C#N)n3C)cc(F)c21. The van der Waals surface area contributed by atoms with E-state index in [2.05, 4.69) is 12.0 Å². The molecule has 0 aliphatic carbocycles. The molecule has 5 heteroatoms. The molecule has 0 atom stereocenters. The number of fused-ring (bicyclic) bond motifs is 1. The molecule has 1 aliphatic rings. The Kier molecular flexibility index (Phi) is 3.46. The number of anilines is 1. The van der Waals surface area contributed by atoms with E-state index in [1.54, 1.807) is 37.6 Å². The van der Waals surface area contributed by atoms with E-state index in [-0.39, 0.29) is 18.1 Å². The van der Waals surface area contributed by atoms with Gasteiger partial charge >= 0.3 is 0 Å². The Morgan fingerprint density at radius 3 is 2.62 bits per heavy atom. The van der Waals surface area contributed by atoms with Gasteiger partial charge in [0.2, 0.25) is 5.91 Å². The molecule has 0 saturated heterocycles. The van der Waals surface area contributed by atoms with E-state index in [9.17, 15) is 9.18 Å². The third-order valence-corrected chi connectivity index (χ3v) is 4.57. The maximum absolute atomic E-state index is 14.8. The lowest BCUT2D eigenvalue weighted by molar-refractivity contribution is -0.121. The lowest BCUT2D eigenvalue weighted by Crippen LogP contribution is -2.36. The smallest absolute Gasteiger partial charge is 0.238 e. The van der Waals surface area contributed by atoms with Crippen molar-refractivity contribution in [2.45, 2.75) is 19.3 Å². The van der Waals surface area contributed by atoms with Gasteiger partial charge in [0.15, 0.2) is 0 Å². The van der Waals surface area contributed by atoms with E-state index in [1.807, 2.05) is 6.07 Å². The van der Waals surface area contributed by atoms with E-state index in [0.717, 1.165) is 0 Å². The monoisotopic (exact) mass is 321 g/mol. The third kappa shape index (κ3) is 2.02. The van der Waals surface area contributed by atoms with Gasteiger partial charge in [0.1, 0.15) is 17.6 Å². The normalized spacial score (nSPS) is 15.1. The second kappa shape index (κ2) is 5.25. The highest BCUT2D eigenvalue weighted by molar-refractivity contribution is 6.08. The Labute approximate surface area is 140 Å². The molecule has 0 radical (unpaired) electrons. The van der Waals surface area contributed by atoms with Crippen LogP contribution in [0.3, 0.4) is 0 Å². The quantitative estimate of drug-likeness (QED) is 0.799. The molecule has 0 fully saturated rings. The zero-order valence-electron chi connectivity index (χ0n) is 13.7. The molecule has 0 saturated carbocycles. The number of aromatic nitrogens is 1. The van der Waals surface area contributed by atoms with Crippen molar-refractivity contribution in [1.29, 1.82) is 5.26 Å². The van der Waals surface area contributed by atoms with Crippen LogP contribution in [0.25, 0.3) is 11.3 Å². The van der Waals surface area contributed by atoms with Gasteiger partial charge in [0.05, 0.1) is 17.6 Å². The Morgan fingerprint density at radius 1 is 1.33 bits per heavy atom. The summed E-state index contributed by atoms with van der Waals surface area (Å²) in [6.45, 7) is 3.56. The summed E-state index contributed by atoms with van der Waals surface area (Å²) in [6.07, 6.45) is 5.32. The van der Waals surface area contributed by atoms with Gasteiger partial charge in [-0.1, -0.05) is 5.92 Å². The highest BCUT2D eigenvalue weighted by Gasteiger charge is 2.45. The second-order valence-electron chi connectivity index (χ2n) is 6.35. The number of amides is 1. The van der Waals surface area contributed by atoms with Crippen LogP contribution in [0.4, 0.5) is 10.1 Å². The van der Waals surface area contributed by atoms with Gasteiger partial charge in [-0.25, -0.2) is 4.39 Å². The topological polar surface area (TPSA) is 49.0 Å². The van der Waals surface area contributed by atoms with Gasteiger partial charge in [-0.2, -0.15) is 5.26 Å². The first-order chi connectivity index (χ1) is 11.3. The second-order valence-corrected chi connectivity index (χ2v) is 6.35. The minimum Gasteiger partial charge on any atom is -0.335 e. The van der Waals surface area contributed by atoms with Crippen molar-refractivity contribution in [2.75, 3.05) is 11.4 Å². The Hall–Kier alpha value is -3.05. The van der Waals surface area contributed by atoms with E-state index in [0.29, 0.717) is 22.5 Å². The molecule has 0 unspecified atom stereocenters. The fraction of sp³-hybridized carbons (Fsp3) is 0.263. The summed E-state index contributed by atoms with van der Waals surface area (Å²) in [5.74, 6) is 1.71. The van der Waals surface area contributed by atoms with Crippen molar-refractivity contribution >= 4 is 11.6 Å². The minimum atomic E-state index is -0.855. The molecule has 1 aliphatic heterocycles. The van der Waals surface area contributed by atoms with Crippen LogP contribution in [0, 0.1) is 29.5 Å². The molecule has 2 heterocycles. The summed E-state index contributed by atoms with van der Waals surface area (Å²) in [7, 11) is 1.75. The number of carbonyl (C=O) groups is 1. The van der Waals surface area contributed by atoms with E-state index in [1.165, 1.54) is 11.0 Å². The number of nitrogens with zero attached hydrogens (tertiary/aromatic N) is 3. The van der Waals surface area contributed by atoms with Crippen molar-refractivity contribution in [2.24, 2.45) is 7.05 Å². The molecule has 120 valence electrons. The van der Waals surface area contributed by atoms with Crippen LogP contribution < -0.4 is 4.90 Å². The van der Waals surface area contributed by atoms with Gasteiger partial charge in [-0.15, -0.1) is 6.42 Å². The molecule has 24 heavy (non-hydrogen) atoms. The van der Waals surface area contributed by atoms with Crippen LogP contribution in [0.5, 0.6) is 0 Å². The van der Waals surface area contributed by atoms with Crippen LogP contribution in [-0.2, 0) is 17.3 Å². The predicted octanol–water partition coefficient (Wildman–Crippen LogP) is 2.96. The van der Waals surface area contributed by atoms with Crippen molar-refractivity contribution < 1.29 is 9.18 Å². The van der Waals surface area contributed by atoms with Crippen LogP contribution in [0.15, 0.2) is 24.3 Å². The first-order valence-corrected chi connectivity index (χ1v) is 7.48. The number of halogens is 1. The first kappa shape index (κ1) is 15.8. The number of carbonyl (C=O) groups excluding carboxylic acids is 1. The van der Waals surface area contributed by atoms with Gasteiger partial charge in [0, 0.05) is 18.3 Å². The molecule has 2 aromatic rings. The van der Waals surface area contributed by atoms with Crippen molar-refractivity contribution in [3.8, 4) is 29.7 Å². The number of benzene rings is 1. The summed E-state index contributed by atoms with van der Waals surface area (Å²) in [5.41, 5.74) is 1.83. The lowest BCUT2D eigenvalue weighted by Gasteiger charge is -2.18. The number of hydrogen-bond acceptors (Lipinski definition) is 2. The third-order valence-electron chi connectivity index (χ3n) is 4.57. The summed E-state index contributed by atoms with van der Waals surface area (Å²) in [4.78, 5) is 13.9. The van der Waals surface area contributed by atoms with E-state index in [4.69, 9.17) is 11.7 Å². The Morgan fingerprint density at radius 2 is 2.04 bits per heavy atom. The zero-order valence-corrected chi connectivity index (χ0v) is 13.7. The molecule has 0 bridgehead atoms. The standard InChI is InChI=1S/C19H16FN3O/c1-5-8-23-17-14(19(2,3)18(23)24)9-12(10-15(17)20)16-7-6-13(11-21)22(16)4/h1,6-7,9-10H,8H2,2-4H3. The summed E-state index contributed by atoms with van der Waals surface area (Å²) >= 11 is 0. The van der Waals surface area contributed by atoms with Gasteiger partial charge in [-0.05, 0) is 43.7 Å². The molecule has 1 amide bonds.